The van der Waals surface area contributed by atoms with Gasteiger partial charge in [-0.05, 0) is 31.7 Å². The molecule has 0 fully saturated rings. The lowest BCUT2D eigenvalue weighted by molar-refractivity contribution is 0.0531. The molecule has 0 saturated carbocycles. The van der Waals surface area contributed by atoms with Crippen molar-refractivity contribution in [3.05, 3.63) is 71.3 Å². The molecular formula is C18H18N2O2. The number of rotatable bonds is 4. The zero-order chi connectivity index (χ0) is 15.7. The summed E-state index contributed by atoms with van der Waals surface area (Å²) in [5, 5.41) is 0. The molecule has 0 aliphatic carbocycles. The lowest BCUT2D eigenvalue weighted by atomic mass is 10.1. The normalized spacial score (nSPS) is 15.3. The Hall–Kier alpha value is -2.46. The van der Waals surface area contributed by atoms with E-state index in [-0.39, 0.29) is 24.5 Å². The maximum atomic E-state index is 12.4. The average Bonchev–Trinajstić information content (AvgIpc) is 2.80. The van der Waals surface area contributed by atoms with Gasteiger partial charge < -0.3 is 0 Å². The van der Waals surface area contributed by atoms with Gasteiger partial charge >= 0.3 is 0 Å². The zero-order valence-electron chi connectivity index (χ0n) is 12.7. The van der Waals surface area contributed by atoms with E-state index in [4.69, 9.17) is 0 Å². The molecule has 0 saturated heterocycles. The number of hydrogen-bond donors (Lipinski definition) is 0. The molecule has 112 valence electrons. The molecule has 2 aromatic rings. The highest BCUT2D eigenvalue weighted by atomic mass is 16.2. The van der Waals surface area contributed by atoms with Crippen LogP contribution >= 0.6 is 0 Å². The van der Waals surface area contributed by atoms with E-state index in [0.717, 1.165) is 5.56 Å². The molecule has 3 rings (SSSR count). The van der Waals surface area contributed by atoms with E-state index in [2.05, 4.69) is 6.92 Å². The molecule has 0 N–H and O–H groups in total. The monoisotopic (exact) mass is 294 g/mol. The zero-order valence-corrected chi connectivity index (χ0v) is 12.7. The molecule has 0 aromatic heterocycles. The Morgan fingerprint density at radius 3 is 1.95 bits per heavy atom. The number of imide groups is 1. The molecule has 22 heavy (non-hydrogen) atoms. The number of hydrogen-bond acceptors (Lipinski definition) is 3. The van der Waals surface area contributed by atoms with Gasteiger partial charge in [0.05, 0.1) is 17.8 Å². The number of nitrogens with zero attached hydrogens (tertiary/aromatic N) is 2. The molecule has 4 nitrogen and oxygen atoms in total. The quantitative estimate of drug-likeness (QED) is 0.814. The molecule has 1 unspecified atom stereocenters. The van der Waals surface area contributed by atoms with Gasteiger partial charge in [-0.3, -0.25) is 19.4 Å². The number of carbonyl (C=O) groups excluding carboxylic acids is 2. The summed E-state index contributed by atoms with van der Waals surface area (Å²) in [5.74, 6) is -0.430. The molecule has 1 aliphatic rings. The highest BCUT2D eigenvalue weighted by Crippen LogP contribution is 2.25. The van der Waals surface area contributed by atoms with E-state index in [1.54, 1.807) is 24.3 Å². The van der Waals surface area contributed by atoms with Crippen molar-refractivity contribution in [3.63, 3.8) is 0 Å². The predicted octanol–water partition coefficient (Wildman–Crippen LogP) is 2.93. The lowest BCUT2D eigenvalue weighted by Crippen LogP contribution is -2.40. The summed E-state index contributed by atoms with van der Waals surface area (Å²) < 4.78 is 0. The van der Waals surface area contributed by atoms with Gasteiger partial charge in [0, 0.05) is 6.04 Å². The summed E-state index contributed by atoms with van der Waals surface area (Å²) in [4.78, 5) is 28.1. The maximum absolute atomic E-state index is 12.4. The van der Waals surface area contributed by atoms with E-state index in [0.29, 0.717) is 11.1 Å². The van der Waals surface area contributed by atoms with Gasteiger partial charge in [-0.1, -0.05) is 42.5 Å². The third kappa shape index (κ3) is 2.42. The molecule has 1 atom stereocenters. The first kappa shape index (κ1) is 14.5. The Balaban J connectivity index is 1.77. The van der Waals surface area contributed by atoms with E-state index in [9.17, 15) is 9.59 Å². The SMILES string of the molecule is CC(c1ccccc1)N(C)CN1C(=O)c2ccccc2C1=O. The molecule has 0 spiro atoms. The van der Waals surface area contributed by atoms with Crippen LogP contribution < -0.4 is 0 Å². The highest BCUT2D eigenvalue weighted by Gasteiger charge is 2.36. The van der Waals surface area contributed by atoms with Crippen LogP contribution in [0.3, 0.4) is 0 Å². The molecule has 0 bridgehead atoms. The van der Waals surface area contributed by atoms with E-state index in [1.165, 1.54) is 4.90 Å². The summed E-state index contributed by atoms with van der Waals surface area (Å²) in [6.45, 7) is 2.34. The van der Waals surface area contributed by atoms with Crippen LogP contribution in [0, 0.1) is 0 Å². The van der Waals surface area contributed by atoms with Crippen LogP contribution in [0.5, 0.6) is 0 Å². The topological polar surface area (TPSA) is 40.6 Å². The maximum Gasteiger partial charge on any atom is 0.262 e. The first-order valence-corrected chi connectivity index (χ1v) is 7.30. The second kappa shape index (κ2) is 5.73. The van der Waals surface area contributed by atoms with Crippen LogP contribution in [-0.2, 0) is 0 Å². The van der Waals surface area contributed by atoms with Gasteiger partial charge in [0.1, 0.15) is 0 Å². The van der Waals surface area contributed by atoms with Crippen molar-refractivity contribution < 1.29 is 9.59 Å². The molecule has 0 radical (unpaired) electrons. The number of carbonyl (C=O) groups is 2. The smallest absolute Gasteiger partial charge is 0.262 e. The molecule has 1 heterocycles. The summed E-state index contributed by atoms with van der Waals surface area (Å²) in [7, 11) is 1.92. The Morgan fingerprint density at radius 1 is 0.909 bits per heavy atom. The fraction of sp³-hybridized carbons (Fsp3) is 0.222. The van der Waals surface area contributed by atoms with Crippen LogP contribution in [0.4, 0.5) is 0 Å². The second-order valence-corrected chi connectivity index (χ2v) is 5.57. The summed E-state index contributed by atoms with van der Waals surface area (Å²) in [6.07, 6.45) is 0. The van der Waals surface area contributed by atoms with Gasteiger partial charge in [0.25, 0.3) is 11.8 Å². The van der Waals surface area contributed by atoms with Crippen molar-refractivity contribution in [1.29, 1.82) is 0 Å². The molecular weight excluding hydrogens is 276 g/mol. The first-order valence-electron chi connectivity index (χ1n) is 7.30. The molecule has 2 amide bonds. The van der Waals surface area contributed by atoms with Gasteiger partial charge in [-0.25, -0.2) is 0 Å². The van der Waals surface area contributed by atoms with Crippen molar-refractivity contribution in [2.45, 2.75) is 13.0 Å². The summed E-state index contributed by atoms with van der Waals surface area (Å²) in [6, 6.07) is 17.1. The fourth-order valence-electron chi connectivity index (χ4n) is 2.70. The molecule has 2 aromatic carbocycles. The largest absolute Gasteiger partial charge is 0.282 e. The Kier molecular flexibility index (Phi) is 3.77. The van der Waals surface area contributed by atoms with Gasteiger partial charge in [0.15, 0.2) is 0 Å². The minimum Gasteiger partial charge on any atom is -0.282 e. The first-order chi connectivity index (χ1) is 10.6. The molecule has 1 aliphatic heterocycles. The van der Waals surface area contributed by atoms with Crippen LogP contribution in [0.25, 0.3) is 0 Å². The van der Waals surface area contributed by atoms with Crippen molar-refractivity contribution in [1.82, 2.24) is 9.80 Å². The Labute approximate surface area is 130 Å². The Morgan fingerprint density at radius 2 is 1.41 bits per heavy atom. The van der Waals surface area contributed by atoms with E-state index >= 15 is 0 Å². The van der Waals surface area contributed by atoms with E-state index in [1.807, 2.05) is 42.3 Å². The average molecular weight is 294 g/mol. The van der Waals surface area contributed by atoms with Crippen molar-refractivity contribution in [2.75, 3.05) is 13.7 Å². The summed E-state index contributed by atoms with van der Waals surface area (Å²) >= 11 is 0. The van der Waals surface area contributed by atoms with Crippen LogP contribution in [0.1, 0.15) is 39.2 Å². The second-order valence-electron chi connectivity index (χ2n) is 5.57. The third-order valence-corrected chi connectivity index (χ3v) is 4.19. The minimum absolute atomic E-state index is 0.116. The van der Waals surface area contributed by atoms with Crippen LogP contribution in [0.15, 0.2) is 54.6 Å². The van der Waals surface area contributed by atoms with E-state index < -0.39 is 0 Å². The van der Waals surface area contributed by atoms with Gasteiger partial charge in [-0.15, -0.1) is 0 Å². The van der Waals surface area contributed by atoms with Crippen molar-refractivity contribution in [2.24, 2.45) is 0 Å². The Bertz CT molecular complexity index is 677. The summed E-state index contributed by atoms with van der Waals surface area (Å²) in [5.41, 5.74) is 2.14. The lowest BCUT2D eigenvalue weighted by Gasteiger charge is -2.28. The van der Waals surface area contributed by atoms with Gasteiger partial charge in [-0.2, -0.15) is 0 Å². The van der Waals surface area contributed by atoms with Gasteiger partial charge in [0.2, 0.25) is 0 Å². The highest BCUT2D eigenvalue weighted by molar-refractivity contribution is 6.21. The molecule has 4 heteroatoms. The number of benzene rings is 2. The van der Waals surface area contributed by atoms with Crippen molar-refractivity contribution >= 4 is 11.8 Å². The minimum atomic E-state index is -0.215. The fourth-order valence-corrected chi connectivity index (χ4v) is 2.70. The number of amides is 2. The number of fused-ring (bicyclic) bond motifs is 1. The van der Waals surface area contributed by atoms with Crippen molar-refractivity contribution in [3.8, 4) is 0 Å². The third-order valence-electron chi connectivity index (χ3n) is 4.19. The van der Waals surface area contributed by atoms with Crippen LogP contribution in [0.2, 0.25) is 0 Å². The van der Waals surface area contributed by atoms with Crippen LogP contribution in [-0.4, -0.2) is 35.3 Å². The predicted molar refractivity (Wildman–Crippen MR) is 84.4 cm³/mol. The standard InChI is InChI=1S/C18H18N2O2/c1-13(14-8-4-3-5-9-14)19(2)12-20-17(21)15-10-6-7-11-16(15)18(20)22/h3-11,13H,12H2,1-2H3.